The third-order valence-corrected chi connectivity index (χ3v) is 3.95. The summed E-state index contributed by atoms with van der Waals surface area (Å²) < 4.78 is 0.929. The van der Waals surface area contributed by atoms with Gasteiger partial charge in [0, 0.05) is 16.1 Å². The molecule has 3 rings (SSSR count). The van der Waals surface area contributed by atoms with Gasteiger partial charge in [-0.3, -0.25) is 4.79 Å². The smallest absolute Gasteiger partial charge is 0.253 e. The Morgan fingerprint density at radius 3 is 3.00 bits per heavy atom. The Balaban J connectivity index is 2.20. The molecule has 2 N–H and O–H groups in total. The number of H-pyrrole nitrogens is 1. The van der Waals surface area contributed by atoms with Crippen molar-refractivity contribution in [2.75, 3.05) is 6.54 Å². The lowest BCUT2D eigenvalue weighted by atomic mass is 10.0. The van der Waals surface area contributed by atoms with Gasteiger partial charge in [0.1, 0.15) is 0 Å². The molecule has 88 valence electrons. The zero-order chi connectivity index (χ0) is 11.8. The van der Waals surface area contributed by atoms with E-state index in [1.807, 2.05) is 24.3 Å². The number of hydrogen-bond donors (Lipinski definition) is 2. The molecular weight excluding hydrogens is 280 g/mol. The number of nitrogens with one attached hydrogen (secondary N) is 2. The molecule has 1 aliphatic rings. The Morgan fingerprint density at radius 2 is 2.24 bits per heavy atom. The Bertz CT molecular complexity index is 614. The minimum Gasteiger partial charge on any atom is -0.321 e. The third kappa shape index (κ3) is 1.91. The van der Waals surface area contributed by atoms with E-state index in [-0.39, 0.29) is 11.6 Å². The Kier molecular flexibility index (Phi) is 2.76. The molecule has 1 aromatic carbocycles. The quantitative estimate of drug-likeness (QED) is 0.849. The van der Waals surface area contributed by atoms with Gasteiger partial charge in [-0.1, -0.05) is 12.1 Å². The molecule has 1 fully saturated rings. The van der Waals surface area contributed by atoms with Crippen LogP contribution in [0.2, 0.25) is 0 Å². The summed E-state index contributed by atoms with van der Waals surface area (Å²) in [6, 6.07) is 8.15. The van der Waals surface area contributed by atoms with Crippen LogP contribution in [0.25, 0.3) is 10.9 Å². The summed E-state index contributed by atoms with van der Waals surface area (Å²) in [5.41, 5.74) is 1.75. The van der Waals surface area contributed by atoms with Crippen molar-refractivity contribution in [3.05, 3.63) is 44.7 Å². The predicted molar refractivity (Wildman–Crippen MR) is 72.2 cm³/mol. The molecule has 1 saturated heterocycles. The lowest BCUT2D eigenvalue weighted by molar-refractivity contribution is 0.641. The SMILES string of the molecule is O=c1[nH]c2c(Br)cccc2cc1C1CCCN1. The zero-order valence-electron chi connectivity index (χ0n) is 9.29. The first-order valence-electron chi connectivity index (χ1n) is 5.80. The van der Waals surface area contributed by atoms with Crippen LogP contribution < -0.4 is 10.9 Å². The minimum absolute atomic E-state index is 0.0174. The molecule has 0 amide bonds. The van der Waals surface area contributed by atoms with Gasteiger partial charge in [-0.05, 0) is 52.8 Å². The lowest BCUT2D eigenvalue weighted by Crippen LogP contribution is -2.22. The normalized spacial score (nSPS) is 19.9. The van der Waals surface area contributed by atoms with Gasteiger partial charge in [0.2, 0.25) is 0 Å². The summed E-state index contributed by atoms with van der Waals surface area (Å²) in [6.45, 7) is 1.00. The molecule has 0 radical (unpaired) electrons. The van der Waals surface area contributed by atoms with Gasteiger partial charge in [-0.25, -0.2) is 0 Å². The number of aromatic amines is 1. The van der Waals surface area contributed by atoms with Gasteiger partial charge in [0.15, 0.2) is 0 Å². The monoisotopic (exact) mass is 292 g/mol. The second kappa shape index (κ2) is 4.27. The second-order valence-corrected chi connectivity index (χ2v) is 5.26. The van der Waals surface area contributed by atoms with E-state index in [1.54, 1.807) is 0 Å². The van der Waals surface area contributed by atoms with E-state index in [1.165, 1.54) is 0 Å². The number of pyridine rings is 1. The van der Waals surface area contributed by atoms with Crippen LogP contribution in [0, 0.1) is 0 Å². The molecule has 2 aromatic rings. The molecule has 1 atom stereocenters. The van der Waals surface area contributed by atoms with Crippen molar-refractivity contribution in [3.8, 4) is 0 Å². The van der Waals surface area contributed by atoms with Crippen LogP contribution in [0.4, 0.5) is 0 Å². The molecular formula is C13H13BrN2O. The summed E-state index contributed by atoms with van der Waals surface area (Å²) in [4.78, 5) is 15.0. The molecule has 0 spiro atoms. The first kappa shape index (κ1) is 11.0. The van der Waals surface area contributed by atoms with E-state index < -0.39 is 0 Å². The summed E-state index contributed by atoms with van der Waals surface area (Å²) in [5.74, 6) is 0. The van der Waals surface area contributed by atoms with Crippen molar-refractivity contribution < 1.29 is 0 Å². The van der Waals surface area contributed by atoms with Crippen LogP contribution in [0.1, 0.15) is 24.4 Å². The maximum absolute atomic E-state index is 12.1. The molecule has 1 unspecified atom stereocenters. The fourth-order valence-electron chi connectivity index (χ4n) is 2.42. The van der Waals surface area contributed by atoms with Crippen LogP contribution in [0.5, 0.6) is 0 Å². The highest BCUT2D eigenvalue weighted by atomic mass is 79.9. The van der Waals surface area contributed by atoms with Gasteiger partial charge in [-0.2, -0.15) is 0 Å². The van der Waals surface area contributed by atoms with Gasteiger partial charge >= 0.3 is 0 Å². The standard InChI is InChI=1S/C13H13BrN2O/c14-10-4-1-3-8-7-9(11-5-2-6-15-11)13(17)16-12(8)10/h1,3-4,7,11,15H,2,5-6H2,(H,16,17). The first-order valence-corrected chi connectivity index (χ1v) is 6.60. The number of fused-ring (bicyclic) bond motifs is 1. The number of halogens is 1. The van der Waals surface area contributed by atoms with E-state index in [4.69, 9.17) is 0 Å². The van der Waals surface area contributed by atoms with Crippen LogP contribution in [0.15, 0.2) is 33.5 Å². The fourth-order valence-corrected chi connectivity index (χ4v) is 2.90. The second-order valence-electron chi connectivity index (χ2n) is 4.41. The highest BCUT2D eigenvalue weighted by molar-refractivity contribution is 9.10. The molecule has 4 heteroatoms. The van der Waals surface area contributed by atoms with Crippen molar-refractivity contribution in [2.45, 2.75) is 18.9 Å². The average molecular weight is 293 g/mol. The summed E-state index contributed by atoms with van der Waals surface area (Å²) in [5, 5.41) is 4.43. The van der Waals surface area contributed by atoms with Crippen LogP contribution in [-0.4, -0.2) is 11.5 Å². The Hall–Kier alpha value is -1.13. The van der Waals surface area contributed by atoms with Gasteiger partial charge in [-0.15, -0.1) is 0 Å². The van der Waals surface area contributed by atoms with Crippen molar-refractivity contribution in [3.63, 3.8) is 0 Å². The van der Waals surface area contributed by atoms with Crippen LogP contribution in [0.3, 0.4) is 0 Å². The predicted octanol–water partition coefficient (Wildman–Crippen LogP) is 2.72. The van der Waals surface area contributed by atoms with E-state index in [0.29, 0.717) is 0 Å². The zero-order valence-corrected chi connectivity index (χ0v) is 10.9. The number of benzene rings is 1. The third-order valence-electron chi connectivity index (χ3n) is 3.29. The molecule has 1 aliphatic heterocycles. The summed E-state index contributed by atoms with van der Waals surface area (Å²) >= 11 is 3.45. The van der Waals surface area contributed by atoms with Crippen LogP contribution in [-0.2, 0) is 0 Å². The van der Waals surface area contributed by atoms with E-state index in [2.05, 4.69) is 26.2 Å². The maximum Gasteiger partial charge on any atom is 0.253 e. The molecule has 3 nitrogen and oxygen atoms in total. The molecule has 0 bridgehead atoms. The largest absolute Gasteiger partial charge is 0.321 e. The highest BCUT2D eigenvalue weighted by Crippen LogP contribution is 2.25. The van der Waals surface area contributed by atoms with Crippen molar-refractivity contribution in [1.29, 1.82) is 0 Å². The number of hydrogen-bond acceptors (Lipinski definition) is 2. The van der Waals surface area contributed by atoms with Crippen LogP contribution >= 0.6 is 15.9 Å². The molecule has 0 saturated carbocycles. The van der Waals surface area contributed by atoms with Gasteiger partial charge in [0.05, 0.1) is 5.52 Å². The molecule has 0 aliphatic carbocycles. The van der Waals surface area contributed by atoms with Crippen molar-refractivity contribution in [2.24, 2.45) is 0 Å². The first-order chi connectivity index (χ1) is 8.25. The Labute approximate surface area is 107 Å². The molecule has 17 heavy (non-hydrogen) atoms. The number of aromatic nitrogens is 1. The fraction of sp³-hybridized carbons (Fsp3) is 0.308. The number of para-hydroxylation sites is 1. The molecule has 2 heterocycles. The van der Waals surface area contributed by atoms with E-state index in [9.17, 15) is 4.79 Å². The minimum atomic E-state index is 0.0174. The molecule has 1 aromatic heterocycles. The lowest BCUT2D eigenvalue weighted by Gasteiger charge is -2.10. The van der Waals surface area contributed by atoms with Crippen molar-refractivity contribution >= 4 is 26.8 Å². The van der Waals surface area contributed by atoms with E-state index >= 15 is 0 Å². The summed E-state index contributed by atoms with van der Waals surface area (Å²) in [6.07, 6.45) is 2.18. The Morgan fingerprint density at radius 1 is 1.35 bits per heavy atom. The highest BCUT2D eigenvalue weighted by Gasteiger charge is 2.19. The van der Waals surface area contributed by atoms with Crippen molar-refractivity contribution in [1.82, 2.24) is 10.3 Å². The van der Waals surface area contributed by atoms with Gasteiger partial charge < -0.3 is 10.3 Å². The topological polar surface area (TPSA) is 44.9 Å². The van der Waals surface area contributed by atoms with E-state index in [0.717, 1.165) is 40.3 Å². The average Bonchev–Trinajstić information content (AvgIpc) is 2.83. The number of rotatable bonds is 1. The van der Waals surface area contributed by atoms with Gasteiger partial charge in [0.25, 0.3) is 5.56 Å². The maximum atomic E-state index is 12.1. The summed E-state index contributed by atoms with van der Waals surface area (Å²) in [7, 11) is 0.